The van der Waals surface area contributed by atoms with Gasteiger partial charge in [0.05, 0.1) is 10.5 Å². The summed E-state index contributed by atoms with van der Waals surface area (Å²) in [5.74, 6) is -0.348. The highest BCUT2D eigenvalue weighted by atomic mass is 19.1. The van der Waals surface area contributed by atoms with E-state index in [2.05, 4.69) is 0 Å². The molecule has 4 nitrogen and oxygen atoms in total. The fourth-order valence-corrected chi connectivity index (χ4v) is 1.70. The molecule has 0 radical (unpaired) electrons. The molecule has 0 aliphatic rings. The van der Waals surface area contributed by atoms with Crippen LogP contribution in [-0.2, 0) is 6.61 Å². The lowest BCUT2D eigenvalue weighted by molar-refractivity contribution is -0.385. The normalized spacial score (nSPS) is 10.2. The molecule has 0 spiro atoms. The quantitative estimate of drug-likeness (QED) is 0.624. The molecule has 0 aliphatic heterocycles. The molecule has 0 atom stereocenters. The van der Waals surface area contributed by atoms with Crippen LogP contribution in [-0.4, -0.2) is 4.92 Å². The van der Waals surface area contributed by atoms with Crippen LogP contribution in [0.1, 0.15) is 11.1 Å². The summed E-state index contributed by atoms with van der Waals surface area (Å²) in [6.07, 6.45) is 0. The van der Waals surface area contributed by atoms with E-state index in [1.165, 1.54) is 12.1 Å². The van der Waals surface area contributed by atoms with E-state index in [1.807, 2.05) is 0 Å². The van der Waals surface area contributed by atoms with Crippen molar-refractivity contribution in [3.63, 3.8) is 0 Å². The van der Waals surface area contributed by atoms with E-state index >= 15 is 0 Å². The van der Waals surface area contributed by atoms with E-state index in [1.54, 1.807) is 37.3 Å². The number of halogens is 1. The zero-order valence-corrected chi connectivity index (χ0v) is 10.3. The van der Waals surface area contributed by atoms with Gasteiger partial charge in [-0.25, -0.2) is 4.39 Å². The molecule has 2 rings (SSSR count). The minimum atomic E-state index is -0.481. The van der Waals surface area contributed by atoms with Gasteiger partial charge in [-0.3, -0.25) is 10.1 Å². The molecule has 98 valence electrons. The number of nitro benzene ring substituents is 1. The maximum atomic E-state index is 13.7. The Balaban J connectivity index is 2.19. The Morgan fingerprint density at radius 2 is 1.95 bits per heavy atom. The Morgan fingerprint density at radius 1 is 1.21 bits per heavy atom. The molecule has 0 aromatic heterocycles. The van der Waals surface area contributed by atoms with Crippen LogP contribution in [0, 0.1) is 22.9 Å². The number of para-hydroxylation sites is 1. The molecule has 0 bridgehead atoms. The maximum absolute atomic E-state index is 13.7. The van der Waals surface area contributed by atoms with Crippen LogP contribution >= 0.6 is 0 Å². The SMILES string of the molecule is Cc1cccc(OCc2ccccc2[N+](=O)[O-])c1F. The van der Waals surface area contributed by atoms with Crippen molar-refractivity contribution in [3.05, 3.63) is 69.5 Å². The van der Waals surface area contributed by atoms with Crippen LogP contribution in [0.15, 0.2) is 42.5 Å². The van der Waals surface area contributed by atoms with Crippen molar-refractivity contribution in [1.29, 1.82) is 0 Å². The molecule has 0 N–H and O–H groups in total. The molecule has 0 unspecified atom stereocenters. The Hall–Kier alpha value is -2.43. The number of hydrogen-bond acceptors (Lipinski definition) is 3. The second-order valence-electron chi connectivity index (χ2n) is 4.06. The monoisotopic (exact) mass is 261 g/mol. The Bertz CT molecular complexity index is 613. The van der Waals surface area contributed by atoms with Crippen molar-refractivity contribution in [1.82, 2.24) is 0 Å². The summed E-state index contributed by atoms with van der Waals surface area (Å²) >= 11 is 0. The Kier molecular flexibility index (Phi) is 3.75. The molecule has 5 heteroatoms. The highest BCUT2D eigenvalue weighted by Crippen LogP contribution is 2.23. The van der Waals surface area contributed by atoms with E-state index in [4.69, 9.17) is 4.74 Å². The maximum Gasteiger partial charge on any atom is 0.276 e. The predicted molar refractivity (Wildman–Crippen MR) is 68.6 cm³/mol. The van der Waals surface area contributed by atoms with Crippen LogP contribution in [0.25, 0.3) is 0 Å². The van der Waals surface area contributed by atoms with Crippen LogP contribution in [0.2, 0.25) is 0 Å². The summed E-state index contributed by atoms with van der Waals surface area (Å²) in [4.78, 5) is 10.3. The van der Waals surface area contributed by atoms with E-state index < -0.39 is 10.7 Å². The van der Waals surface area contributed by atoms with Gasteiger partial charge < -0.3 is 4.74 Å². The van der Waals surface area contributed by atoms with E-state index in [-0.39, 0.29) is 18.0 Å². The average Bonchev–Trinajstić information content (AvgIpc) is 2.40. The molecule has 0 saturated heterocycles. The first kappa shape index (κ1) is 13.0. The van der Waals surface area contributed by atoms with Gasteiger partial charge in [0.2, 0.25) is 0 Å². The van der Waals surface area contributed by atoms with Crippen molar-refractivity contribution >= 4 is 5.69 Å². The third-order valence-corrected chi connectivity index (χ3v) is 2.73. The second kappa shape index (κ2) is 5.48. The van der Waals surface area contributed by atoms with Crippen molar-refractivity contribution in [2.45, 2.75) is 13.5 Å². The van der Waals surface area contributed by atoms with Gasteiger partial charge >= 0.3 is 0 Å². The third-order valence-electron chi connectivity index (χ3n) is 2.73. The van der Waals surface area contributed by atoms with Gasteiger partial charge in [-0.2, -0.15) is 0 Å². The highest BCUT2D eigenvalue weighted by molar-refractivity contribution is 5.40. The number of ether oxygens (including phenoxy) is 1. The number of nitro groups is 1. The molecule has 0 heterocycles. The number of aryl methyl sites for hydroxylation is 1. The first-order valence-electron chi connectivity index (χ1n) is 5.70. The number of rotatable bonds is 4. The number of hydrogen-bond donors (Lipinski definition) is 0. The third kappa shape index (κ3) is 2.88. The smallest absolute Gasteiger partial charge is 0.276 e. The molecular formula is C14H12FNO3. The molecule has 0 amide bonds. The van der Waals surface area contributed by atoms with Gasteiger partial charge in [0.15, 0.2) is 11.6 Å². The predicted octanol–water partition coefficient (Wildman–Crippen LogP) is 3.62. The summed E-state index contributed by atoms with van der Waals surface area (Å²) in [5, 5.41) is 10.8. The van der Waals surface area contributed by atoms with Gasteiger partial charge in [-0.05, 0) is 24.6 Å². The fourth-order valence-electron chi connectivity index (χ4n) is 1.70. The Labute approximate surface area is 109 Å². The number of nitrogens with zero attached hydrogens (tertiary/aromatic N) is 1. The van der Waals surface area contributed by atoms with Crippen molar-refractivity contribution in [3.8, 4) is 5.75 Å². The summed E-state index contributed by atoms with van der Waals surface area (Å²) < 4.78 is 19.0. The standard InChI is InChI=1S/C14H12FNO3/c1-10-5-4-8-13(14(10)15)19-9-11-6-2-3-7-12(11)16(17)18/h2-8H,9H2,1H3. The average molecular weight is 261 g/mol. The molecule has 2 aromatic carbocycles. The van der Waals surface area contributed by atoms with Crippen LogP contribution in [0.5, 0.6) is 5.75 Å². The first-order valence-corrected chi connectivity index (χ1v) is 5.70. The summed E-state index contributed by atoms with van der Waals surface area (Å²) in [5.41, 5.74) is 0.851. The Morgan fingerprint density at radius 3 is 2.68 bits per heavy atom. The van der Waals surface area contributed by atoms with Crippen LogP contribution in [0.4, 0.5) is 10.1 Å². The molecule has 19 heavy (non-hydrogen) atoms. The van der Waals surface area contributed by atoms with E-state index in [0.717, 1.165) is 0 Å². The summed E-state index contributed by atoms with van der Waals surface area (Å²) in [7, 11) is 0. The van der Waals surface area contributed by atoms with E-state index in [9.17, 15) is 14.5 Å². The largest absolute Gasteiger partial charge is 0.486 e. The molecule has 0 fully saturated rings. The van der Waals surface area contributed by atoms with E-state index in [0.29, 0.717) is 11.1 Å². The first-order chi connectivity index (χ1) is 9.09. The van der Waals surface area contributed by atoms with Crippen molar-refractivity contribution in [2.75, 3.05) is 0 Å². The topological polar surface area (TPSA) is 52.4 Å². The van der Waals surface area contributed by atoms with Gasteiger partial charge in [-0.15, -0.1) is 0 Å². The fraction of sp³-hybridized carbons (Fsp3) is 0.143. The van der Waals surface area contributed by atoms with Gasteiger partial charge in [0.1, 0.15) is 6.61 Å². The van der Waals surface area contributed by atoms with Gasteiger partial charge in [0, 0.05) is 6.07 Å². The lowest BCUT2D eigenvalue weighted by Gasteiger charge is -2.08. The zero-order valence-electron chi connectivity index (χ0n) is 10.3. The van der Waals surface area contributed by atoms with Gasteiger partial charge in [0.25, 0.3) is 5.69 Å². The highest BCUT2D eigenvalue weighted by Gasteiger charge is 2.13. The second-order valence-corrected chi connectivity index (χ2v) is 4.06. The molecular weight excluding hydrogens is 249 g/mol. The van der Waals surface area contributed by atoms with Crippen molar-refractivity contribution < 1.29 is 14.1 Å². The minimum Gasteiger partial charge on any atom is -0.486 e. The van der Waals surface area contributed by atoms with Crippen LogP contribution < -0.4 is 4.74 Å². The summed E-state index contributed by atoms with van der Waals surface area (Å²) in [6.45, 7) is 1.59. The lowest BCUT2D eigenvalue weighted by atomic mass is 10.2. The lowest BCUT2D eigenvalue weighted by Crippen LogP contribution is -2.02. The minimum absolute atomic E-state index is 0.0319. The number of benzene rings is 2. The van der Waals surface area contributed by atoms with Crippen LogP contribution in [0.3, 0.4) is 0 Å². The van der Waals surface area contributed by atoms with Crippen molar-refractivity contribution in [2.24, 2.45) is 0 Å². The van der Waals surface area contributed by atoms with Gasteiger partial charge in [-0.1, -0.05) is 24.3 Å². The molecule has 0 aliphatic carbocycles. The molecule has 0 saturated carbocycles. The summed E-state index contributed by atoms with van der Waals surface area (Å²) in [6, 6.07) is 11.0. The molecule has 2 aromatic rings. The zero-order chi connectivity index (χ0) is 13.8.